The van der Waals surface area contributed by atoms with E-state index >= 15 is 0 Å². The van der Waals surface area contributed by atoms with Gasteiger partial charge in [-0.25, -0.2) is 0 Å². The monoisotopic (exact) mass is 286 g/mol. The lowest BCUT2D eigenvalue weighted by atomic mass is 10.2. The molecule has 0 fully saturated rings. The van der Waals surface area contributed by atoms with Crippen molar-refractivity contribution in [3.8, 4) is 0 Å². The molecule has 5 nitrogen and oxygen atoms in total. The molecule has 6 heteroatoms. The highest BCUT2D eigenvalue weighted by atomic mass is 35.5. The largest absolute Gasteiger partial charge is 0.343 e. The Balaban J connectivity index is 2.37. The van der Waals surface area contributed by atoms with Crippen molar-refractivity contribution >= 4 is 17.5 Å². The molecule has 0 aromatic carbocycles. The molecule has 1 rings (SSSR count). The molecule has 0 aliphatic carbocycles. The van der Waals surface area contributed by atoms with Gasteiger partial charge in [0.2, 0.25) is 5.91 Å². The molecule has 1 heterocycles. The second-order valence-corrected chi connectivity index (χ2v) is 4.83. The zero-order valence-corrected chi connectivity index (χ0v) is 12.9. The van der Waals surface area contributed by atoms with Crippen LogP contribution in [-0.4, -0.2) is 40.2 Å². The molecule has 0 atom stereocenters. The standard InChI is InChI=1S/C13H23ClN4O/c1-5-18(6-2)12(19)7-8-15-9-11-10(3)16-17(4)13(11)14/h15H,5-9H2,1-4H3. The minimum atomic E-state index is 0.187. The Bertz CT molecular complexity index is 427. The average Bonchev–Trinajstić information content (AvgIpc) is 2.61. The summed E-state index contributed by atoms with van der Waals surface area (Å²) in [6.45, 7) is 8.75. The van der Waals surface area contributed by atoms with Crippen LogP contribution in [0.3, 0.4) is 0 Å². The molecule has 0 aliphatic rings. The van der Waals surface area contributed by atoms with Gasteiger partial charge in [0.1, 0.15) is 5.15 Å². The van der Waals surface area contributed by atoms with Crippen molar-refractivity contribution in [2.24, 2.45) is 7.05 Å². The average molecular weight is 287 g/mol. The van der Waals surface area contributed by atoms with E-state index in [1.807, 2.05) is 32.7 Å². The smallest absolute Gasteiger partial charge is 0.223 e. The maximum Gasteiger partial charge on any atom is 0.223 e. The van der Waals surface area contributed by atoms with Gasteiger partial charge in [-0.3, -0.25) is 9.48 Å². The second kappa shape index (κ2) is 7.50. The van der Waals surface area contributed by atoms with Crippen LogP contribution in [0.25, 0.3) is 0 Å². The Kier molecular flexibility index (Phi) is 6.31. The molecule has 0 unspecified atom stereocenters. The molecule has 0 spiro atoms. The van der Waals surface area contributed by atoms with E-state index in [0.717, 1.165) is 24.3 Å². The van der Waals surface area contributed by atoms with E-state index in [1.54, 1.807) is 4.68 Å². The maximum absolute atomic E-state index is 11.8. The number of hydrogen-bond donors (Lipinski definition) is 1. The summed E-state index contributed by atoms with van der Waals surface area (Å²) >= 11 is 6.14. The van der Waals surface area contributed by atoms with Gasteiger partial charge < -0.3 is 10.2 Å². The maximum atomic E-state index is 11.8. The predicted molar refractivity (Wildman–Crippen MR) is 77.2 cm³/mol. The number of rotatable bonds is 7. The Morgan fingerprint density at radius 2 is 2.05 bits per heavy atom. The lowest BCUT2D eigenvalue weighted by Gasteiger charge is -2.18. The van der Waals surface area contributed by atoms with Crippen LogP contribution in [0.15, 0.2) is 0 Å². The van der Waals surface area contributed by atoms with Gasteiger partial charge in [-0.05, 0) is 20.8 Å². The number of nitrogens with one attached hydrogen (secondary N) is 1. The van der Waals surface area contributed by atoms with Crippen LogP contribution in [0, 0.1) is 6.92 Å². The predicted octanol–water partition coefficient (Wildman–Crippen LogP) is 1.73. The number of nitrogens with zero attached hydrogens (tertiary/aromatic N) is 3. The van der Waals surface area contributed by atoms with Gasteiger partial charge in [-0.2, -0.15) is 5.10 Å². The third-order valence-corrected chi connectivity index (χ3v) is 3.68. The van der Waals surface area contributed by atoms with Crippen LogP contribution in [0.1, 0.15) is 31.5 Å². The van der Waals surface area contributed by atoms with E-state index in [2.05, 4.69) is 10.4 Å². The summed E-state index contributed by atoms with van der Waals surface area (Å²) in [4.78, 5) is 13.6. The molecular weight excluding hydrogens is 264 g/mol. The minimum absolute atomic E-state index is 0.187. The van der Waals surface area contributed by atoms with Crippen molar-refractivity contribution in [3.63, 3.8) is 0 Å². The molecular formula is C13H23ClN4O. The Morgan fingerprint density at radius 3 is 2.53 bits per heavy atom. The summed E-state index contributed by atoms with van der Waals surface area (Å²) in [5.41, 5.74) is 1.93. The first-order chi connectivity index (χ1) is 9.01. The number of hydrogen-bond acceptors (Lipinski definition) is 3. The molecule has 1 N–H and O–H groups in total. The van der Waals surface area contributed by atoms with E-state index in [-0.39, 0.29) is 5.91 Å². The number of carbonyl (C=O) groups excluding carboxylic acids is 1. The molecule has 0 radical (unpaired) electrons. The van der Waals surface area contributed by atoms with E-state index in [1.165, 1.54) is 0 Å². The van der Waals surface area contributed by atoms with Crippen LogP contribution in [0.2, 0.25) is 5.15 Å². The number of halogens is 1. The molecule has 0 bridgehead atoms. The van der Waals surface area contributed by atoms with Gasteiger partial charge in [0.05, 0.1) is 5.69 Å². The fourth-order valence-corrected chi connectivity index (χ4v) is 2.26. The van der Waals surface area contributed by atoms with Crippen LogP contribution >= 0.6 is 11.6 Å². The first-order valence-corrected chi connectivity index (χ1v) is 7.05. The van der Waals surface area contributed by atoms with Gasteiger partial charge >= 0.3 is 0 Å². The summed E-state index contributed by atoms with van der Waals surface area (Å²) in [6, 6.07) is 0. The van der Waals surface area contributed by atoms with Crippen molar-refractivity contribution in [1.29, 1.82) is 0 Å². The fraction of sp³-hybridized carbons (Fsp3) is 0.692. The number of amides is 1. The molecule has 0 aliphatic heterocycles. The molecule has 0 saturated heterocycles. The van der Waals surface area contributed by atoms with Gasteiger partial charge in [0, 0.05) is 45.2 Å². The van der Waals surface area contributed by atoms with E-state index in [4.69, 9.17) is 11.6 Å². The molecule has 1 amide bonds. The van der Waals surface area contributed by atoms with Crippen LogP contribution in [0.5, 0.6) is 0 Å². The van der Waals surface area contributed by atoms with Crippen LogP contribution < -0.4 is 5.32 Å². The number of aromatic nitrogens is 2. The molecule has 1 aromatic heterocycles. The molecule has 19 heavy (non-hydrogen) atoms. The zero-order valence-electron chi connectivity index (χ0n) is 12.2. The molecule has 108 valence electrons. The second-order valence-electron chi connectivity index (χ2n) is 4.47. The lowest BCUT2D eigenvalue weighted by molar-refractivity contribution is -0.130. The van der Waals surface area contributed by atoms with Gasteiger partial charge in [0.25, 0.3) is 0 Å². The van der Waals surface area contributed by atoms with E-state index in [0.29, 0.717) is 24.7 Å². The van der Waals surface area contributed by atoms with Crippen molar-refractivity contribution in [3.05, 3.63) is 16.4 Å². The van der Waals surface area contributed by atoms with Gasteiger partial charge in [-0.1, -0.05) is 11.6 Å². The molecule has 1 aromatic rings. The Labute approximate surface area is 119 Å². The highest BCUT2D eigenvalue weighted by Gasteiger charge is 2.12. The number of aryl methyl sites for hydroxylation is 2. The summed E-state index contributed by atoms with van der Waals surface area (Å²) < 4.78 is 1.66. The summed E-state index contributed by atoms with van der Waals surface area (Å²) in [5.74, 6) is 0.187. The van der Waals surface area contributed by atoms with Crippen LogP contribution in [0.4, 0.5) is 0 Å². The highest BCUT2D eigenvalue weighted by Crippen LogP contribution is 2.17. The fourth-order valence-electron chi connectivity index (χ4n) is 2.02. The Morgan fingerprint density at radius 1 is 1.42 bits per heavy atom. The minimum Gasteiger partial charge on any atom is -0.343 e. The quantitative estimate of drug-likeness (QED) is 0.777. The summed E-state index contributed by atoms with van der Waals surface area (Å²) in [7, 11) is 1.82. The van der Waals surface area contributed by atoms with E-state index in [9.17, 15) is 4.79 Å². The van der Waals surface area contributed by atoms with Crippen molar-refractivity contribution in [2.45, 2.75) is 33.7 Å². The van der Waals surface area contributed by atoms with Crippen molar-refractivity contribution in [1.82, 2.24) is 20.0 Å². The SMILES string of the molecule is CCN(CC)C(=O)CCNCc1c(C)nn(C)c1Cl. The first-order valence-electron chi connectivity index (χ1n) is 6.67. The summed E-state index contributed by atoms with van der Waals surface area (Å²) in [5, 5.41) is 8.15. The molecule has 0 saturated carbocycles. The topological polar surface area (TPSA) is 50.2 Å². The number of carbonyl (C=O) groups is 1. The van der Waals surface area contributed by atoms with Crippen molar-refractivity contribution < 1.29 is 4.79 Å². The van der Waals surface area contributed by atoms with Gasteiger partial charge in [0.15, 0.2) is 0 Å². The van der Waals surface area contributed by atoms with Crippen LogP contribution in [-0.2, 0) is 18.4 Å². The third-order valence-electron chi connectivity index (χ3n) is 3.20. The highest BCUT2D eigenvalue weighted by molar-refractivity contribution is 6.30. The first kappa shape index (κ1) is 16.0. The normalized spacial score (nSPS) is 10.8. The Hall–Kier alpha value is -1.07. The third kappa shape index (κ3) is 4.21. The summed E-state index contributed by atoms with van der Waals surface area (Å²) in [6.07, 6.45) is 0.513. The zero-order chi connectivity index (χ0) is 14.4. The van der Waals surface area contributed by atoms with Gasteiger partial charge in [-0.15, -0.1) is 0 Å². The van der Waals surface area contributed by atoms with E-state index < -0.39 is 0 Å². The van der Waals surface area contributed by atoms with Crippen molar-refractivity contribution in [2.75, 3.05) is 19.6 Å². The lowest BCUT2D eigenvalue weighted by Crippen LogP contribution is -2.32.